The molecule has 0 atom stereocenters. The summed E-state index contributed by atoms with van der Waals surface area (Å²) < 4.78 is 26.4. The Balaban J connectivity index is 1.43. The summed E-state index contributed by atoms with van der Waals surface area (Å²) >= 11 is 25.9. The first-order chi connectivity index (χ1) is 15.1. The minimum absolute atomic E-state index is 0.165. The van der Waals surface area contributed by atoms with Crippen molar-refractivity contribution < 1.29 is 8.42 Å². The maximum atomic E-state index is 13.2. The number of sulfone groups is 1. The molecule has 1 aliphatic heterocycles. The molecule has 3 aromatic rings. The predicted molar refractivity (Wildman–Crippen MR) is 135 cm³/mol. The number of piperidine rings is 1. The van der Waals surface area contributed by atoms with Crippen LogP contribution in [0.2, 0.25) is 20.1 Å². The first kappa shape index (κ1) is 24.1. The average molecular weight is 550 g/mol. The van der Waals surface area contributed by atoms with Crippen molar-refractivity contribution in [1.29, 1.82) is 0 Å². The number of aromatic nitrogens is 1. The van der Waals surface area contributed by atoms with E-state index in [-0.39, 0.29) is 9.92 Å². The van der Waals surface area contributed by atoms with Crippen LogP contribution in [0.1, 0.15) is 29.7 Å². The third-order valence-corrected chi connectivity index (χ3v) is 10.4. The molecule has 1 aliphatic rings. The van der Waals surface area contributed by atoms with E-state index in [2.05, 4.69) is 4.90 Å². The highest BCUT2D eigenvalue weighted by Crippen LogP contribution is 2.34. The second-order valence-electron chi connectivity index (χ2n) is 7.81. The summed E-state index contributed by atoms with van der Waals surface area (Å²) in [6.07, 6.45) is 1.69. The van der Waals surface area contributed by atoms with Gasteiger partial charge in [0, 0.05) is 29.9 Å². The standard InChI is InChI=1S/C22H20Cl4N2O2S2/c1-13-8-21(20(26)11-18(13)24)32(29,30)16-4-6-28(7-5-16)22-27-15(12-31-22)9-14-2-3-17(23)19(25)10-14/h2-3,8,10-12,16H,4-7,9H2,1H3. The smallest absolute Gasteiger partial charge is 0.185 e. The molecular formula is C22H20Cl4N2O2S2. The van der Waals surface area contributed by atoms with Crippen LogP contribution in [0.4, 0.5) is 5.13 Å². The fourth-order valence-electron chi connectivity index (χ4n) is 3.77. The molecule has 0 bridgehead atoms. The fourth-order valence-corrected chi connectivity index (χ4v) is 7.54. The molecule has 32 heavy (non-hydrogen) atoms. The zero-order chi connectivity index (χ0) is 23.0. The molecule has 0 N–H and O–H groups in total. The zero-order valence-electron chi connectivity index (χ0n) is 17.1. The van der Waals surface area contributed by atoms with Gasteiger partial charge in [0.05, 0.1) is 30.9 Å². The number of aryl methyl sites for hydroxylation is 1. The lowest BCUT2D eigenvalue weighted by molar-refractivity contribution is 0.529. The van der Waals surface area contributed by atoms with E-state index in [9.17, 15) is 8.42 Å². The van der Waals surface area contributed by atoms with Crippen molar-refractivity contribution in [2.75, 3.05) is 18.0 Å². The summed E-state index contributed by atoms with van der Waals surface area (Å²) in [7, 11) is -3.54. The number of hydrogen-bond donors (Lipinski definition) is 0. The Labute approximate surface area is 212 Å². The molecule has 1 aromatic heterocycles. The Morgan fingerprint density at radius 3 is 2.41 bits per heavy atom. The number of halogens is 4. The van der Waals surface area contributed by atoms with Crippen LogP contribution < -0.4 is 4.90 Å². The molecule has 4 rings (SSSR count). The normalized spacial score (nSPS) is 15.3. The fraction of sp³-hybridized carbons (Fsp3) is 0.318. The third kappa shape index (κ3) is 5.06. The van der Waals surface area contributed by atoms with Gasteiger partial charge in [-0.2, -0.15) is 0 Å². The average Bonchev–Trinajstić information content (AvgIpc) is 3.22. The topological polar surface area (TPSA) is 50.3 Å². The van der Waals surface area contributed by atoms with Crippen molar-refractivity contribution in [1.82, 2.24) is 4.98 Å². The highest BCUT2D eigenvalue weighted by molar-refractivity contribution is 7.92. The minimum atomic E-state index is -3.54. The van der Waals surface area contributed by atoms with E-state index in [0.717, 1.165) is 16.4 Å². The van der Waals surface area contributed by atoms with E-state index >= 15 is 0 Å². The van der Waals surface area contributed by atoms with E-state index < -0.39 is 15.1 Å². The molecule has 2 heterocycles. The van der Waals surface area contributed by atoms with Gasteiger partial charge in [-0.05, 0) is 55.2 Å². The molecule has 0 unspecified atom stereocenters. The van der Waals surface area contributed by atoms with Gasteiger partial charge in [0.1, 0.15) is 0 Å². The predicted octanol–water partition coefficient (Wildman–Crippen LogP) is 7.10. The molecule has 1 fully saturated rings. The summed E-state index contributed by atoms with van der Waals surface area (Å²) in [4.78, 5) is 7.05. The van der Waals surface area contributed by atoms with Crippen LogP contribution in [-0.4, -0.2) is 31.7 Å². The number of anilines is 1. The Bertz CT molecular complexity index is 1250. The van der Waals surface area contributed by atoms with Crippen LogP contribution in [0.3, 0.4) is 0 Å². The lowest BCUT2D eigenvalue weighted by Gasteiger charge is -2.31. The number of rotatable bonds is 5. The van der Waals surface area contributed by atoms with Crippen LogP contribution in [0.5, 0.6) is 0 Å². The molecule has 0 spiro atoms. The number of benzene rings is 2. The molecule has 0 radical (unpaired) electrons. The summed E-state index contributed by atoms with van der Waals surface area (Å²) in [5.41, 5.74) is 2.68. The second-order valence-corrected chi connectivity index (χ2v) is 12.5. The molecule has 0 aliphatic carbocycles. The monoisotopic (exact) mass is 548 g/mol. The first-order valence-corrected chi connectivity index (χ1v) is 13.9. The molecular weight excluding hydrogens is 530 g/mol. The summed E-state index contributed by atoms with van der Waals surface area (Å²) in [5.74, 6) is 0. The van der Waals surface area contributed by atoms with Crippen molar-refractivity contribution in [2.45, 2.75) is 36.3 Å². The maximum absolute atomic E-state index is 13.2. The Morgan fingerprint density at radius 2 is 1.72 bits per heavy atom. The van der Waals surface area contributed by atoms with E-state index in [0.29, 0.717) is 53.0 Å². The van der Waals surface area contributed by atoms with E-state index in [4.69, 9.17) is 51.4 Å². The van der Waals surface area contributed by atoms with Crippen molar-refractivity contribution in [2.24, 2.45) is 0 Å². The van der Waals surface area contributed by atoms with E-state index in [1.54, 1.807) is 30.4 Å². The summed E-state index contributed by atoms with van der Waals surface area (Å²) in [6, 6.07) is 8.65. The second kappa shape index (κ2) is 9.69. The highest BCUT2D eigenvalue weighted by Gasteiger charge is 2.33. The van der Waals surface area contributed by atoms with E-state index in [1.807, 2.05) is 17.5 Å². The van der Waals surface area contributed by atoms with Crippen molar-refractivity contribution in [3.63, 3.8) is 0 Å². The lowest BCUT2D eigenvalue weighted by atomic mass is 10.1. The van der Waals surface area contributed by atoms with Gasteiger partial charge in [0.25, 0.3) is 0 Å². The Hall–Kier alpha value is -1.02. The zero-order valence-corrected chi connectivity index (χ0v) is 21.8. The van der Waals surface area contributed by atoms with Gasteiger partial charge in [-0.1, -0.05) is 52.5 Å². The first-order valence-electron chi connectivity index (χ1n) is 9.98. The molecule has 0 saturated carbocycles. The minimum Gasteiger partial charge on any atom is -0.348 e. The highest BCUT2D eigenvalue weighted by atomic mass is 35.5. The molecule has 170 valence electrons. The van der Waals surface area contributed by atoms with Crippen molar-refractivity contribution >= 4 is 72.7 Å². The van der Waals surface area contributed by atoms with Crippen LogP contribution >= 0.6 is 57.7 Å². The van der Waals surface area contributed by atoms with Gasteiger partial charge in [0.2, 0.25) is 0 Å². The van der Waals surface area contributed by atoms with Gasteiger partial charge in [-0.15, -0.1) is 11.3 Å². The van der Waals surface area contributed by atoms with Crippen molar-refractivity contribution in [3.8, 4) is 0 Å². The Kier molecular flexibility index (Phi) is 7.30. The number of hydrogen-bond acceptors (Lipinski definition) is 5. The van der Waals surface area contributed by atoms with E-state index in [1.165, 1.54) is 6.07 Å². The SMILES string of the molecule is Cc1cc(S(=O)(=O)C2CCN(c3nc(Cc4ccc(Cl)c(Cl)c4)cs3)CC2)c(Cl)cc1Cl. The Morgan fingerprint density at radius 1 is 1.00 bits per heavy atom. The maximum Gasteiger partial charge on any atom is 0.185 e. The molecule has 2 aromatic carbocycles. The van der Waals surface area contributed by atoms with Crippen LogP contribution in [0, 0.1) is 6.92 Å². The quantitative estimate of drug-likeness (QED) is 0.340. The van der Waals surface area contributed by atoms with Crippen molar-refractivity contribution in [3.05, 3.63) is 72.6 Å². The lowest BCUT2D eigenvalue weighted by Crippen LogP contribution is -2.39. The third-order valence-electron chi connectivity index (χ3n) is 5.58. The van der Waals surface area contributed by atoms with Gasteiger partial charge < -0.3 is 4.90 Å². The van der Waals surface area contributed by atoms with Gasteiger partial charge >= 0.3 is 0 Å². The van der Waals surface area contributed by atoms with Crippen LogP contribution in [0.15, 0.2) is 40.6 Å². The largest absolute Gasteiger partial charge is 0.348 e. The molecule has 0 amide bonds. The van der Waals surface area contributed by atoms with Gasteiger partial charge in [-0.25, -0.2) is 13.4 Å². The molecule has 1 saturated heterocycles. The summed E-state index contributed by atoms with van der Waals surface area (Å²) in [6.45, 7) is 3.01. The van der Waals surface area contributed by atoms with Crippen LogP contribution in [-0.2, 0) is 16.3 Å². The summed E-state index contributed by atoms with van der Waals surface area (Å²) in [5, 5.41) is 4.14. The van der Waals surface area contributed by atoms with Gasteiger partial charge in [0.15, 0.2) is 15.0 Å². The van der Waals surface area contributed by atoms with Crippen LogP contribution in [0.25, 0.3) is 0 Å². The number of nitrogens with zero attached hydrogens (tertiary/aromatic N) is 2. The number of thiazole rings is 1. The molecule has 10 heteroatoms. The van der Waals surface area contributed by atoms with Gasteiger partial charge in [-0.3, -0.25) is 0 Å². The molecule has 4 nitrogen and oxygen atoms in total.